The summed E-state index contributed by atoms with van der Waals surface area (Å²) in [7, 11) is 0. The van der Waals surface area contributed by atoms with E-state index >= 15 is 0 Å². The lowest BCUT2D eigenvalue weighted by Gasteiger charge is -2.24. The highest BCUT2D eigenvalue weighted by Gasteiger charge is 2.37. The van der Waals surface area contributed by atoms with Gasteiger partial charge in [-0.25, -0.2) is 4.79 Å². The molecule has 25 heavy (non-hydrogen) atoms. The van der Waals surface area contributed by atoms with Crippen molar-refractivity contribution in [1.29, 1.82) is 0 Å². The lowest BCUT2D eigenvalue weighted by atomic mass is 10.1. The van der Waals surface area contributed by atoms with Gasteiger partial charge in [0, 0.05) is 19.0 Å². The molecule has 0 saturated carbocycles. The quantitative estimate of drug-likeness (QED) is 0.893. The van der Waals surface area contributed by atoms with Gasteiger partial charge in [-0.15, -0.1) is 0 Å². The first-order chi connectivity index (χ1) is 12.2. The first-order valence-electron chi connectivity index (χ1n) is 8.62. The zero-order valence-electron chi connectivity index (χ0n) is 13.9. The lowest BCUT2D eigenvalue weighted by molar-refractivity contribution is -0.129. The molecule has 0 unspecified atom stereocenters. The number of nitrogens with zero attached hydrogens (tertiary/aromatic N) is 1. The topological polar surface area (TPSA) is 74.6 Å². The van der Waals surface area contributed by atoms with Crippen molar-refractivity contribution in [2.75, 3.05) is 6.54 Å². The molecule has 1 atom stereocenters. The van der Waals surface area contributed by atoms with Gasteiger partial charge in [-0.3, -0.25) is 4.79 Å². The Labute approximate surface area is 146 Å². The predicted molar refractivity (Wildman–Crippen MR) is 91.8 cm³/mol. The summed E-state index contributed by atoms with van der Waals surface area (Å²) in [5, 5.41) is 5.64. The van der Waals surface area contributed by atoms with Crippen LogP contribution in [-0.4, -0.2) is 35.5 Å². The molecular weight excluding hydrogens is 318 g/mol. The minimum absolute atomic E-state index is 0.120. The summed E-state index contributed by atoms with van der Waals surface area (Å²) in [5.41, 5.74) is 2.65. The fraction of sp³-hybridized carbons (Fsp3) is 0.368. The average molecular weight is 339 g/mol. The summed E-state index contributed by atoms with van der Waals surface area (Å²) in [6, 6.07) is 11.7. The molecule has 1 saturated heterocycles. The van der Waals surface area contributed by atoms with Crippen LogP contribution in [0.5, 0.6) is 0 Å². The highest BCUT2D eigenvalue weighted by atomic mass is 16.3. The second-order valence-electron chi connectivity index (χ2n) is 6.68. The van der Waals surface area contributed by atoms with Crippen molar-refractivity contribution in [3.05, 3.63) is 59.5 Å². The van der Waals surface area contributed by atoms with Crippen LogP contribution in [-0.2, 0) is 24.2 Å². The number of nitrogens with one attached hydrogen (secondary N) is 2. The Balaban J connectivity index is 1.30. The molecule has 1 aliphatic heterocycles. The Hall–Kier alpha value is -2.76. The number of urea groups is 1. The molecule has 130 valence electrons. The number of hydrogen-bond donors (Lipinski definition) is 2. The van der Waals surface area contributed by atoms with Gasteiger partial charge in [0.1, 0.15) is 5.76 Å². The third-order valence-corrected chi connectivity index (χ3v) is 4.97. The van der Waals surface area contributed by atoms with E-state index in [0.29, 0.717) is 25.3 Å². The summed E-state index contributed by atoms with van der Waals surface area (Å²) in [6.45, 7) is 0.910. The first-order valence-corrected chi connectivity index (χ1v) is 8.62. The Bertz CT molecular complexity index is 747. The van der Waals surface area contributed by atoms with Crippen LogP contribution in [0.1, 0.15) is 23.3 Å². The molecule has 0 radical (unpaired) electrons. The van der Waals surface area contributed by atoms with Crippen LogP contribution in [0.15, 0.2) is 47.1 Å². The molecule has 2 heterocycles. The second-order valence-corrected chi connectivity index (χ2v) is 6.68. The van der Waals surface area contributed by atoms with E-state index < -0.39 is 0 Å². The molecule has 0 bridgehead atoms. The van der Waals surface area contributed by atoms with E-state index in [4.69, 9.17) is 4.42 Å². The molecule has 1 aromatic carbocycles. The lowest BCUT2D eigenvalue weighted by Crippen LogP contribution is -2.44. The molecule has 2 N–H and O–H groups in total. The van der Waals surface area contributed by atoms with Crippen molar-refractivity contribution in [2.45, 2.75) is 37.9 Å². The largest absolute Gasteiger partial charge is 0.467 e. The second kappa shape index (κ2) is 6.63. The fourth-order valence-corrected chi connectivity index (χ4v) is 3.75. The van der Waals surface area contributed by atoms with Crippen molar-refractivity contribution in [3.63, 3.8) is 0 Å². The first kappa shape index (κ1) is 15.7. The Morgan fingerprint density at radius 3 is 2.56 bits per heavy atom. The molecule has 4 rings (SSSR count). The number of carbonyl (C=O) groups is 2. The standard InChI is InChI=1S/C19H21N3O3/c23-18-10-15(21-19(24)20-11-17-6-3-7-25-17)12-22(18)16-8-13-4-1-2-5-14(13)9-16/h1-7,15-16H,8-12H2,(H2,20,21,24)/t15-/m0/s1. The van der Waals surface area contributed by atoms with E-state index in [2.05, 4.69) is 22.8 Å². The summed E-state index contributed by atoms with van der Waals surface area (Å²) in [4.78, 5) is 26.3. The third-order valence-electron chi connectivity index (χ3n) is 4.97. The molecule has 1 aromatic heterocycles. The van der Waals surface area contributed by atoms with E-state index in [9.17, 15) is 9.59 Å². The van der Waals surface area contributed by atoms with Gasteiger partial charge in [0.25, 0.3) is 0 Å². The zero-order chi connectivity index (χ0) is 17.2. The maximum Gasteiger partial charge on any atom is 0.315 e. The van der Waals surface area contributed by atoms with Crippen molar-refractivity contribution in [3.8, 4) is 0 Å². The molecule has 1 aliphatic carbocycles. The smallest absolute Gasteiger partial charge is 0.315 e. The number of rotatable bonds is 4. The van der Waals surface area contributed by atoms with Crippen LogP contribution in [0.2, 0.25) is 0 Å². The van der Waals surface area contributed by atoms with Gasteiger partial charge in [-0.05, 0) is 36.1 Å². The fourth-order valence-electron chi connectivity index (χ4n) is 3.75. The van der Waals surface area contributed by atoms with Gasteiger partial charge < -0.3 is 20.0 Å². The van der Waals surface area contributed by atoms with Crippen molar-refractivity contribution >= 4 is 11.9 Å². The summed E-state index contributed by atoms with van der Waals surface area (Å²) >= 11 is 0. The van der Waals surface area contributed by atoms with Crippen molar-refractivity contribution in [1.82, 2.24) is 15.5 Å². The third kappa shape index (κ3) is 3.38. The minimum Gasteiger partial charge on any atom is -0.467 e. The Morgan fingerprint density at radius 2 is 1.88 bits per heavy atom. The molecule has 0 spiro atoms. The summed E-state index contributed by atoms with van der Waals surface area (Å²) < 4.78 is 5.18. The van der Waals surface area contributed by atoms with E-state index in [1.807, 2.05) is 17.0 Å². The number of benzene rings is 1. The molecule has 2 aliphatic rings. The van der Waals surface area contributed by atoms with E-state index in [-0.39, 0.29) is 24.0 Å². The summed E-state index contributed by atoms with van der Waals surface area (Å²) in [5.74, 6) is 0.817. The number of likely N-dealkylation sites (tertiary alicyclic amines) is 1. The number of hydrogen-bond acceptors (Lipinski definition) is 3. The van der Waals surface area contributed by atoms with Crippen LogP contribution < -0.4 is 10.6 Å². The minimum atomic E-state index is -0.272. The number of carbonyl (C=O) groups excluding carboxylic acids is 2. The van der Waals surface area contributed by atoms with Gasteiger partial charge >= 0.3 is 6.03 Å². The van der Waals surface area contributed by atoms with Crippen LogP contribution in [0, 0.1) is 0 Å². The van der Waals surface area contributed by atoms with E-state index in [0.717, 1.165) is 12.8 Å². The van der Waals surface area contributed by atoms with Crippen LogP contribution in [0.4, 0.5) is 4.79 Å². The molecule has 6 heteroatoms. The Kier molecular flexibility index (Phi) is 4.17. The van der Waals surface area contributed by atoms with Crippen LogP contribution >= 0.6 is 0 Å². The van der Waals surface area contributed by atoms with Crippen molar-refractivity contribution in [2.24, 2.45) is 0 Å². The van der Waals surface area contributed by atoms with E-state index in [1.54, 1.807) is 18.4 Å². The van der Waals surface area contributed by atoms with E-state index in [1.165, 1.54) is 11.1 Å². The molecular formula is C19H21N3O3. The number of furan rings is 1. The van der Waals surface area contributed by atoms with Gasteiger partial charge in [-0.2, -0.15) is 0 Å². The van der Waals surface area contributed by atoms with Gasteiger partial charge in [0.05, 0.1) is 18.8 Å². The number of fused-ring (bicyclic) bond motifs is 1. The maximum atomic E-state index is 12.4. The average Bonchev–Trinajstić information content (AvgIpc) is 3.32. The maximum absolute atomic E-state index is 12.4. The van der Waals surface area contributed by atoms with Crippen LogP contribution in [0.25, 0.3) is 0 Å². The molecule has 2 aromatic rings. The highest BCUT2D eigenvalue weighted by Crippen LogP contribution is 2.28. The Morgan fingerprint density at radius 1 is 1.12 bits per heavy atom. The van der Waals surface area contributed by atoms with Gasteiger partial charge in [0.15, 0.2) is 0 Å². The van der Waals surface area contributed by atoms with Gasteiger partial charge in [-0.1, -0.05) is 24.3 Å². The predicted octanol–water partition coefficient (Wildman–Crippen LogP) is 1.85. The van der Waals surface area contributed by atoms with Crippen LogP contribution in [0.3, 0.4) is 0 Å². The molecule has 3 amide bonds. The zero-order valence-corrected chi connectivity index (χ0v) is 13.9. The SMILES string of the molecule is O=C(NCc1ccco1)N[C@H]1CC(=O)N(C2Cc3ccccc3C2)C1. The van der Waals surface area contributed by atoms with Crippen molar-refractivity contribution < 1.29 is 14.0 Å². The molecule has 6 nitrogen and oxygen atoms in total. The molecule has 1 fully saturated rings. The monoisotopic (exact) mass is 339 g/mol. The normalized spacial score (nSPS) is 19.9. The summed E-state index contributed by atoms with van der Waals surface area (Å²) in [6.07, 6.45) is 3.74. The number of amides is 3. The van der Waals surface area contributed by atoms with Gasteiger partial charge in [0.2, 0.25) is 5.91 Å². The highest BCUT2D eigenvalue weighted by molar-refractivity contribution is 5.82.